The number of hydrogen-bond donors (Lipinski definition) is 1. The number of aryl methyl sites for hydroxylation is 2. The second kappa shape index (κ2) is 10.1. The van der Waals surface area contributed by atoms with Gasteiger partial charge in [0.05, 0.1) is 0 Å². The maximum Gasteiger partial charge on any atom is 0.221 e. The van der Waals surface area contributed by atoms with Crippen molar-refractivity contribution in [2.45, 2.75) is 26.2 Å². The lowest BCUT2D eigenvalue weighted by atomic mass is 10.1. The van der Waals surface area contributed by atoms with Gasteiger partial charge < -0.3 is 10.2 Å². The molecule has 1 fully saturated rings. The quantitative estimate of drug-likeness (QED) is 0.730. The Morgan fingerprint density at radius 1 is 1.11 bits per heavy atom. The first kappa shape index (κ1) is 19.4. The van der Waals surface area contributed by atoms with Crippen molar-refractivity contribution < 1.29 is 4.79 Å². The highest BCUT2D eigenvalue weighted by Gasteiger charge is 2.17. The summed E-state index contributed by atoms with van der Waals surface area (Å²) in [6.45, 7) is 7.80. The number of anilines is 1. The van der Waals surface area contributed by atoms with Crippen molar-refractivity contribution in [1.82, 2.24) is 15.2 Å². The van der Waals surface area contributed by atoms with Crippen LogP contribution in [0.15, 0.2) is 48.8 Å². The Kier molecular flexibility index (Phi) is 7.22. The van der Waals surface area contributed by atoms with Crippen molar-refractivity contribution in [2.75, 3.05) is 44.2 Å². The third-order valence-electron chi connectivity index (χ3n) is 5.11. The fraction of sp³-hybridized carbons (Fsp3) is 0.455. The normalized spacial score (nSPS) is 14.9. The van der Waals surface area contributed by atoms with Crippen molar-refractivity contribution >= 4 is 11.6 Å². The number of nitrogens with zero attached hydrogens (tertiary/aromatic N) is 3. The summed E-state index contributed by atoms with van der Waals surface area (Å²) >= 11 is 0. The molecule has 3 rings (SSSR count). The number of nitrogens with one attached hydrogen (secondary N) is 1. The number of hydrogen-bond acceptors (Lipinski definition) is 4. The molecule has 1 aromatic carbocycles. The van der Waals surface area contributed by atoms with E-state index in [9.17, 15) is 4.79 Å². The molecule has 1 saturated heterocycles. The van der Waals surface area contributed by atoms with Crippen LogP contribution < -0.4 is 10.2 Å². The Bertz CT molecular complexity index is 711. The van der Waals surface area contributed by atoms with Crippen LogP contribution in [0, 0.1) is 6.92 Å². The van der Waals surface area contributed by atoms with E-state index in [2.05, 4.69) is 51.3 Å². The van der Waals surface area contributed by atoms with Gasteiger partial charge in [0.15, 0.2) is 0 Å². The minimum Gasteiger partial charge on any atom is -0.369 e. The van der Waals surface area contributed by atoms with E-state index in [1.807, 2.05) is 24.5 Å². The molecule has 1 aliphatic heterocycles. The average Bonchev–Trinajstić information content (AvgIpc) is 2.71. The van der Waals surface area contributed by atoms with E-state index in [0.29, 0.717) is 6.42 Å². The van der Waals surface area contributed by atoms with Crippen molar-refractivity contribution in [1.29, 1.82) is 0 Å². The predicted molar refractivity (Wildman–Crippen MR) is 110 cm³/mol. The number of amides is 1. The molecular formula is C22H30N4O. The van der Waals surface area contributed by atoms with Gasteiger partial charge in [-0.05, 0) is 55.2 Å². The van der Waals surface area contributed by atoms with Crippen LogP contribution in [0.5, 0.6) is 0 Å². The lowest BCUT2D eigenvalue weighted by Gasteiger charge is -2.36. The van der Waals surface area contributed by atoms with Gasteiger partial charge in [0.2, 0.25) is 5.91 Å². The highest BCUT2D eigenvalue weighted by molar-refractivity contribution is 5.76. The number of aromatic nitrogens is 1. The zero-order chi connectivity index (χ0) is 18.9. The summed E-state index contributed by atoms with van der Waals surface area (Å²) in [5.41, 5.74) is 3.88. The van der Waals surface area contributed by atoms with E-state index in [-0.39, 0.29) is 5.91 Å². The number of benzene rings is 1. The highest BCUT2D eigenvalue weighted by Crippen LogP contribution is 2.17. The molecule has 0 atom stereocenters. The van der Waals surface area contributed by atoms with Crippen molar-refractivity contribution in [2.24, 2.45) is 0 Å². The number of carbonyl (C=O) groups is 1. The topological polar surface area (TPSA) is 48.5 Å². The molecule has 5 heteroatoms. The molecule has 144 valence electrons. The Labute approximate surface area is 162 Å². The van der Waals surface area contributed by atoms with Gasteiger partial charge in [-0.1, -0.05) is 12.1 Å². The summed E-state index contributed by atoms with van der Waals surface area (Å²) in [4.78, 5) is 20.9. The zero-order valence-corrected chi connectivity index (χ0v) is 16.2. The fourth-order valence-corrected chi connectivity index (χ4v) is 3.47. The molecule has 0 aliphatic carbocycles. The first-order valence-corrected chi connectivity index (χ1v) is 9.90. The van der Waals surface area contributed by atoms with Crippen LogP contribution in [0.3, 0.4) is 0 Å². The van der Waals surface area contributed by atoms with Crippen molar-refractivity contribution in [3.63, 3.8) is 0 Å². The molecule has 27 heavy (non-hydrogen) atoms. The summed E-state index contributed by atoms with van der Waals surface area (Å²) in [6, 6.07) is 12.7. The smallest absolute Gasteiger partial charge is 0.221 e. The average molecular weight is 367 g/mol. The number of carbonyl (C=O) groups excluding carboxylic acids is 1. The number of rotatable bonds is 8. The molecule has 1 aromatic heterocycles. The summed E-state index contributed by atoms with van der Waals surface area (Å²) in [5.74, 6) is 0.158. The lowest BCUT2D eigenvalue weighted by molar-refractivity contribution is -0.121. The second-order valence-corrected chi connectivity index (χ2v) is 7.23. The van der Waals surface area contributed by atoms with Gasteiger partial charge in [-0.25, -0.2) is 0 Å². The van der Waals surface area contributed by atoms with Gasteiger partial charge in [0.25, 0.3) is 0 Å². The molecule has 0 unspecified atom stereocenters. The first-order valence-electron chi connectivity index (χ1n) is 9.90. The summed E-state index contributed by atoms with van der Waals surface area (Å²) in [7, 11) is 0. The number of piperazine rings is 1. The van der Waals surface area contributed by atoms with E-state index < -0.39 is 0 Å². The summed E-state index contributed by atoms with van der Waals surface area (Å²) in [5, 5.41) is 3.04. The molecule has 0 spiro atoms. The minimum atomic E-state index is 0.158. The molecule has 2 aromatic rings. The first-order chi connectivity index (χ1) is 13.2. The SMILES string of the molecule is Cc1cccc(N2CCN(CCC(=O)NCCCc3ccncc3)CC2)c1. The molecule has 1 N–H and O–H groups in total. The van der Waals surface area contributed by atoms with E-state index >= 15 is 0 Å². The molecule has 1 amide bonds. The van der Waals surface area contributed by atoms with Crippen LogP contribution in [0.2, 0.25) is 0 Å². The molecule has 5 nitrogen and oxygen atoms in total. The van der Waals surface area contributed by atoms with E-state index in [4.69, 9.17) is 0 Å². The van der Waals surface area contributed by atoms with Crippen LogP contribution >= 0.6 is 0 Å². The van der Waals surface area contributed by atoms with E-state index in [1.165, 1.54) is 16.8 Å². The maximum atomic E-state index is 12.1. The van der Waals surface area contributed by atoms with Gasteiger partial charge in [0.1, 0.15) is 0 Å². The molecular weight excluding hydrogens is 336 g/mol. The predicted octanol–water partition coefficient (Wildman–Crippen LogP) is 2.65. The molecule has 0 bridgehead atoms. The third-order valence-corrected chi connectivity index (χ3v) is 5.11. The second-order valence-electron chi connectivity index (χ2n) is 7.23. The van der Waals surface area contributed by atoms with Crippen molar-refractivity contribution in [3.05, 3.63) is 59.9 Å². The minimum absolute atomic E-state index is 0.158. The summed E-state index contributed by atoms with van der Waals surface area (Å²) in [6.07, 6.45) is 6.15. The molecule has 0 saturated carbocycles. The van der Waals surface area contributed by atoms with Crippen LogP contribution in [0.25, 0.3) is 0 Å². The highest BCUT2D eigenvalue weighted by atomic mass is 16.1. The van der Waals surface area contributed by atoms with Crippen molar-refractivity contribution in [3.8, 4) is 0 Å². The number of pyridine rings is 1. The van der Waals surface area contributed by atoms with Gasteiger partial charge in [-0.2, -0.15) is 0 Å². The maximum absolute atomic E-state index is 12.1. The third kappa shape index (κ3) is 6.36. The molecule has 0 radical (unpaired) electrons. The van der Waals surface area contributed by atoms with Crippen LogP contribution in [-0.2, 0) is 11.2 Å². The monoisotopic (exact) mass is 366 g/mol. The van der Waals surface area contributed by atoms with Gasteiger partial charge in [-0.3, -0.25) is 14.7 Å². The van der Waals surface area contributed by atoms with Gasteiger partial charge in [0, 0.05) is 63.8 Å². The van der Waals surface area contributed by atoms with E-state index in [1.54, 1.807) is 0 Å². The Morgan fingerprint density at radius 3 is 2.63 bits per heavy atom. The van der Waals surface area contributed by atoms with E-state index in [0.717, 1.165) is 52.1 Å². The Balaban J connectivity index is 1.29. The lowest BCUT2D eigenvalue weighted by Crippen LogP contribution is -2.47. The Hall–Kier alpha value is -2.40. The van der Waals surface area contributed by atoms with Crippen LogP contribution in [0.1, 0.15) is 24.0 Å². The van der Waals surface area contributed by atoms with Gasteiger partial charge >= 0.3 is 0 Å². The molecule has 2 heterocycles. The standard InChI is InChI=1S/C22H30N4O/c1-19-4-2-6-21(18-19)26-16-14-25(15-17-26)13-9-22(27)24-10-3-5-20-7-11-23-12-8-20/h2,4,6-8,11-12,18H,3,5,9-10,13-17H2,1H3,(H,24,27). The van der Waals surface area contributed by atoms with Crippen LogP contribution in [0.4, 0.5) is 5.69 Å². The fourth-order valence-electron chi connectivity index (χ4n) is 3.47. The van der Waals surface area contributed by atoms with Gasteiger partial charge in [-0.15, -0.1) is 0 Å². The largest absolute Gasteiger partial charge is 0.369 e. The van der Waals surface area contributed by atoms with Crippen LogP contribution in [-0.4, -0.2) is 55.1 Å². The zero-order valence-electron chi connectivity index (χ0n) is 16.2. The molecule has 1 aliphatic rings. The summed E-state index contributed by atoms with van der Waals surface area (Å²) < 4.78 is 0. The Morgan fingerprint density at radius 2 is 1.89 bits per heavy atom.